The van der Waals surface area contributed by atoms with E-state index < -0.39 is 5.97 Å². The van der Waals surface area contributed by atoms with Crippen LogP contribution in [0.15, 0.2) is 6.07 Å². The highest BCUT2D eigenvalue weighted by atomic mass is 16.5. The van der Waals surface area contributed by atoms with Crippen molar-refractivity contribution in [2.45, 2.75) is 38.7 Å². The van der Waals surface area contributed by atoms with Crippen LogP contribution in [0.3, 0.4) is 0 Å². The molecule has 3 aliphatic rings. The number of anilines is 1. The molecule has 0 aromatic heterocycles. The molecule has 1 amide bonds. The molecule has 1 aromatic carbocycles. The van der Waals surface area contributed by atoms with Crippen LogP contribution < -0.4 is 14.8 Å². The van der Waals surface area contributed by atoms with Gasteiger partial charge in [-0.15, -0.1) is 0 Å². The van der Waals surface area contributed by atoms with Crippen LogP contribution >= 0.6 is 0 Å². The van der Waals surface area contributed by atoms with E-state index in [1.807, 2.05) is 0 Å². The van der Waals surface area contributed by atoms with Gasteiger partial charge in [0.2, 0.25) is 5.91 Å². The number of nitrogens with one attached hydrogen (secondary N) is 1. The van der Waals surface area contributed by atoms with Gasteiger partial charge in [-0.3, -0.25) is 4.79 Å². The van der Waals surface area contributed by atoms with Crippen molar-refractivity contribution in [3.05, 3.63) is 17.2 Å². The van der Waals surface area contributed by atoms with Crippen LogP contribution in [-0.4, -0.2) is 26.1 Å². The molecule has 4 rings (SSSR count). The number of rotatable bonds is 5. The van der Waals surface area contributed by atoms with E-state index in [0.29, 0.717) is 46.6 Å². The maximum absolute atomic E-state index is 12.7. The number of amides is 1. The number of fused-ring (bicyclic) bond motifs is 3. The molecule has 134 valence electrons. The monoisotopic (exact) mass is 345 g/mol. The molecule has 0 unspecified atom stereocenters. The second-order valence-electron chi connectivity index (χ2n) is 7.28. The maximum atomic E-state index is 12.7. The van der Waals surface area contributed by atoms with Gasteiger partial charge in [-0.1, -0.05) is 6.42 Å². The largest absolute Gasteiger partial charge is 0.493 e. The van der Waals surface area contributed by atoms with Gasteiger partial charge in [0.25, 0.3) is 0 Å². The summed E-state index contributed by atoms with van der Waals surface area (Å²) in [6.07, 6.45) is 5.46. The van der Waals surface area contributed by atoms with Gasteiger partial charge in [0.1, 0.15) is 12.3 Å². The molecule has 0 radical (unpaired) electrons. The second-order valence-corrected chi connectivity index (χ2v) is 7.28. The van der Waals surface area contributed by atoms with Crippen molar-refractivity contribution in [2.24, 2.45) is 17.8 Å². The molecular weight excluding hydrogens is 322 g/mol. The van der Waals surface area contributed by atoms with Crippen LogP contribution in [0.2, 0.25) is 0 Å². The van der Waals surface area contributed by atoms with E-state index in [4.69, 9.17) is 14.2 Å². The first-order valence-electron chi connectivity index (χ1n) is 8.85. The molecule has 2 saturated carbocycles. The first-order chi connectivity index (χ1) is 12.1. The summed E-state index contributed by atoms with van der Waals surface area (Å²) in [4.78, 5) is 24.8. The highest BCUT2D eigenvalue weighted by Crippen LogP contribution is 2.50. The van der Waals surface area contributed by atoms with Crippen LogP contribution in [0.25, 0.3) is 0 Å². The number of cyclic esters (lactones) is 1. The Morgan fingerprint density at radius 3 is 2.76 bits per heavy atom. The fourth-order valence-electron chi connectivity index (χ4n) is 4.78. The fraction of sp³-hybridized carbons (Fsp3) is 0.579. The van der Waals surface area contributed by atoms with E-state index >= 15 is 0 Å². The first kappa shape index (κ1) is 16.2. The van der Waals surface area contributed by atoms with Crippen molar-refractivity contribution in [1.29, 1.82) is 0 Å². The van der Waals surface area contributed by atoms with Crippen LogP contribution in [0.4, 0.5) is 5.69 Å². The molecule has 2 bridgehead atoms. The Kier molecular flexibility index (Phi) is 4.06. The van der Waals surface area contributed by atoms with Crippen molar-refractivity contribution in [3.8, 4) is 11.5 Å². The Balaban J connectivity index is 1.59. The number of methoxy groups -OCH3 is 2. The molecule has 1 aromatic rings. The van der Waals surface area contributed by atoms with Crippen LogP contribution in [-0.2, 0) is 16.1 Å². The summed E-state index contributed by atoms with van der Waals surface area (Å²) in [7, 11) is 3.03. The molecule has 1 aliphatic heterocycles. The number of ether oxygens (including phenoxy) is 3. The highest BCUT2D eigenvalue weighted by Gasteiger charge is 2.40. The van der Waals surface area contributed by atoms with Gasteiger partial charge >= 0.3 is 5.97 Å². The lowest BCUT2D eigenvalue weighted by atomic mass is 9.86. The van der Waals surface area contributed by atoms with Crippen LogP contribution in [0, 0.1) is 17.8 Å². The number of hydrogen-bond donors (Lipinski definition) is 1. The standard InChI is InChI=1S/C19H23NO5/c1-23-14-7-13-9-25-19(22)16(13)17(18(14)24-2)20-15(21)8-12-6-10-3-4-11(12)5-10/h7,10-12H,3-6,8-9H2,1-2H3,(H,20,21)/t10-,11-,12-/m1/s1. The number of esters is 1. The van der Waals surface area contributed by atoms with Crippen molar-refractivity contribution in [1.82, 2.24) is 0 Å². The zero-order valence-corrected chi connectivity index (χ0v) is 14.6. The summed E-state index contributed by atoms with van der Waals surface area (Å²) >= 11 is 0. The van der Waals surface area contributed by atoms with E-state index in [1.54, 1.807) is 6.07 Å². The fourth-order valence-corrected chi connectivity index (χ4v) is 4.78. The minimum atomic E-state index is -0.439. The molecule has 25 heavy (non-hydrogen) atoms. The van der Waals surface area contributed by atoms with Crippen molar-refractivity contribution < 1.29 is 23.8 Å². The average Bonchev–Trinajstić information content (AvgIpc) is 3.30. The first-order valence-corrected chi connectivity index (χ1v) is 8.85. The molecule has 1 N–H and O–H groups in total. The summed E-state index contributed by atoms with van der Waals surface area (Å²) < 4.78 is 15.9. The van der Waals surface area contributed by atoms with E-state index in [1.165, 1.54) is 33.5 Å². The van der Waals surface area contributed by atoms with Gasteiger partial charge in [-0.2, -0.15) is 0 Å². The summed E-state index contributed by atoms with van der Waals surface area (Å²) in [5, 5.41) is 2.91. The predicted molar refractivity (Wildman–Crippen MR) is 90.9 cm³/mol. The molecule has 0 saturated heterocycles. The minimum absolute atomic E-state index is 0.0778. The molecule has 2 fully saturated rings. The molecule has 2 aliphatic carbocycles. The molecule has 3 atom stereocenters. The molecule has 1 heterocycles. The molecular formula is C19H23NO5. The quantitative estimate of drug-likeness (QED) is 0.830. The number of carbonyl (C=O) groups is 2. The number of benzene rings is 1. The third-order valence-electron chi connectivity index (χ3n) is 5.91. The summed E-state index contributed by atoms with van der Waals surface area (Å²) in [5.41, 5.74) is 1.45. The molecule has 0 spiro atoms. The number of carbonyl (C=O) groups excluding carboxylic acids is 2. The van der Waals surface area contributed by atoms with Crippen LogP contribution in [0.1, 0.15) is 48.0 Å². The second kappa shape index (κ2) is 6.24. The summed E-state index contributed by atoms with van der Waals surface area (Å²) in [6.45, 7) is 0.184. The maximum Gasteiger partial charge on any atom is 0.341 e. The van der Waals surface area contributed by atoms with E-state index in [2.05, 4.69) is 5.32 Å². The Morgan fingerprint density at radius 2 is 2.12 bits per heavy atom. The predicted octanol–water partition coefficient (Wildman–Crippen LogP) is 3.14. The normalized spacial score (nSPS) is 26.3. The highest BCUT2D eigenvalue weighted by molar-refractivity contribution is 6.06. The lowest BCUT2D eigenvalue weighted by Crippen LogP contribution is -2.21. The van der Waals surface area contributed by atoms with E-state index in [0.717, 1.165) is 12.3 Å². The van der Waals surface area contributed by atoms with Gasteiger partial charge in [0.05, 0.1) is 19.8 Å². The summed E-state index contributed by atoms with van der Waals surface area (Å²) in [5.74, 6) is 2.26. The topological polar surface area (TPSA) is 73.9 Å². The SMILES string of the molecule is COc1cc2c(c(NC(=O)C[C@H]3C[C@@H]4CC[C@@H]3C4)c1OC)C(=O)OC2. The third-order valence-corrected chi connectivity index (χ3v) is 5.91. The number of hydrogen-bond acceptors (Lipinski definition) is 5. The van der Waals surface area contributed by atoms with Crippen LogP contribution in [0.5, 0.6) is 11.5 Å². The Hall–Kier alpha value is -2.24. The zero-order chi connectivity index (χ0) is 17.6. The van der Waals surface area contributed by atoms with Gasteiger partial charge in [-0.05, 0) is 43.1 Å². The Bertz CT molecular complexity index is 729. The van der Waals surface area contributed by atoms with E-state index in [9.17, 15) is 9.59 Å². The lowest BCUT2D eigenvalue weighted by Gasteiger charge is -2.22. The van der Waals surface area contributed by atoms with Gasteiger partial charge in [-0.25, -0.2) is 4.79 Å². The molecule has 6 nitrogen and oxygen atoms in total. The average molecular weight is 345 g/mol. The van der Waals surface area contributed by atoms with Crippen molar-refractivity contribution in [2.75, 3.05) is 19.5 Å². The zero-order valence-electron chi connectivity index (χ0n) is 14.6. The molecule has 6 heteroatoms. The van der Waals surface area contributed by atoms with Crippen molar-refractivity contribution in [3.63, 3.8) is 0 Å². The van der Waals surface area contributed by atoms with Crippen molar-refractivity contribution >= 4 is 17.6 Å². The lowest BCUT2D eigenvalue weighted by molar-refractivity contribution is -0.117. The summed E-state index contributed by atoms with van der Waals surface area (Å²) in [6, 6.07) is 1.73. The van der Waals surface area contributed by atoms with Gasteiger partial charge in [0, 0.05) is 12.0 Å². The Labute approximate surface area is 146 Å². The van der Waals surface area contributed by atoms with Gasteiger partial charge < -0.3 is 19.5 Å². The third kappa shape index (κ3) is 2.73. The smallest absolute Gasteiger partial charge is 0.341 e. The van der Waals surface area contributed by atoms with E-state index in [-0.39, 0.29) is 12.5 Å². The van der Waals surface area contributed by atoms with Gasteiger partial charge in [0.15, 0.2) is 11.5 Å². The minimum Gasteiger partial charge on any atom is -0.493 e. The Morgan fingerprint density at radius 1 is 1.28 bits per heavy atom.